The maximum atomic E-state index is 12.6. The second kappa shape index (κ2) is 8.00. The van der Waals surface area contributed by atoms with Crippen molar-refractivity contribution >= 4 is 17.6 Å². The summed E-state index contributed by atoms with van der Waals surface area (Å²) in [5, 5.41) is 6.08. The number of hydrogen-bond donors (Lipinski definition) is 3. The first-order valence-corrected chi connectivity index (χ1v) is 9.94. The molecular weight excluding hydrogens is 354 g/mol. The molecule has 146 valence electrons. The van der Waals surface area contributed by atoms with Crippen LogP contribution < -0.4 is 10.6 Å². The monoisotopic (exact) mass is 379 g/mol. The third-order valence-electron chi connectivity index (χ3n) is 5.78. The van der Waals surface area contributed by atoms with E-state index in [1.165, 1.54) is 5.56 Å². The van der Waals surface area contributed by atoms with Gasteiger partial charge in [-0.1, -0.05) is 24.3 Å². The Morgan fingerprint density at radius 2 is 1.75 bits per heavy atom. The summed E-state index contributed by atoms with van der Waals surface area (Å²) in [5.41, 5.74) is 2.96. The van der Waals surface area contributed by atoms with Crippen LogP contribution in [0.4, 0.5) is 0 Å². The van der Waals surface area contributed by atoms with Gasteiger partial charge in [0.15, 0.2) is 5.78 Å². The molecule has 3 N–H and O–H groups in total. The molecule has 2 aliphatic rings. The van der Waals surface area contributed by atoms with Crippen LogP contribution in [-0.4, -0.2) is 34.7 Å². The molecule has 2 aromatic rings. The van der Waals surface area contributed by atoms with Gasteiger partial charge in [-0.25, -0.2) is 0 Å². The van der Waals surface area contributed by atoms with Gasteiger partial charge in [-0.05, 0) is 48.9 Å². The first kappa shape index (κ1) is 18.5. The van der Waals surface area contributed by atoms with Crippen molar-refractivity contribution in [2.45, 2.75) is 56.5 Å². The summed E-state index contributed by atoms with van der Waals surface area (Å²) in [6.07, 6.45) is 5.39. The predicted molar refractivity (Wildman–Crippen MR) is 105 cm³/mol. The Morgan fingerprint density at radius 1 is 0.964 bits per heavy atom. The lowest BCUT2D eigenvalue weighted by Gasteiger charge is -2.37. The molecule has 1 aromatic carbocycles. The molecule has 2 aliphatic carbocycles. The Balaban J connectivity index is 1.17. The van der Waals surface area contributed by atoms with Crippen LogP contribution in [0.15, 0.2) is 42.6 Å². The number of nitrogens with one attached hydrogen (secondary N) is 3. The Bertz CT molecular complexity index is 869. The number of amides is 2. The van der Waals surface area contributed by atoms with Crippen molar-refractivity contribution in [1.29, 1.82) is 0 Å². The lowest BCUT2D eigenvalue weighted by atomic mass is 9.86. The fourth-order valence-corrected chi connectivity index (χ4v) is 4.15. The Morgan fingerprint density at radius 3 is 2.54 bits per heavy atom. The van der Waals surface area contributed by atoms with Gasteiger partial charge in [-0.15, -0.1) is 0 Å². The predicted octanol–water partition coefficient (Wildman–Crippen LogP) is 2.47. The molecule has 2 amide bonds. The van der Waals surface area contributed by atoms with E-state index in [0.29, 0.717) is 5.69 Å². The van der Waals surface area contributed by atoms with Crippen LogP contribution in [0.25, 0.3) is 0 Å². The number of H-pyrrole nitrogens is 1. The first-order valence-electron chi connectivity index (χ1n) is 9.94. The molecule has 1 fully saturated rings. The minimum atomic E-state index is -0.112. The van der Waals surface area contributed by atoms with Gasteiger partial charge >= 0.3 is 0 Å². The van der Waals surface area contributed by atoms with Crippen LogP contribution >= 0.6 is 0 Å². The average Bonchev–Trinajstić information content (AvgIpc) is 3.34. The van der Waals surface area contributed by atoms with E-state index in [1.807, 2.05) is 18.2 Å². The molecule has 1 heterocycles. The van der Waals surface area contributed by atoms with Gasteiger partial charge in [-0.2, -0.15) is 0 Å². The van der Waals surface area contributed by atoms with Crippen molar-refractivity contribution in [2.24, 2.45) is 0 Å². The summed E-state index contributed by atoms with van der Waals surface area (Å²) < 4.78 is 0. The topological polar surface area (TPSA) is 91.1 Å². The third-order valence-corrected chi connectivity index (χ3v) is 5.78. The third kappa shape index (κ3) is 4.01. The second-order valence-corrected chi connectivity index (χ2v) is 7.74. The van der Waals surface area contributed by atoms with Gasteiger partial charge in [0.25, 0.3) is 0 Å². The number of aryl methyl sites for hydroxylation is 1. The lowest BCUT2D eigenvalue weighted by Crippen LogP contribution is -2.54. The van der Waals surface area contributed by atoms with Crippen LogP contribution in [0.2, 0.25) is 0 Å². The van der Waals surface area contributed by atoms with E-state index in [0.717, 1.165) is 31.2 Å². The van der Waals surface area contributed by atoms with Crippen molar-refractivity contribution in [3.05, 3.63) is 59.4 Å². The van der Waals surface area contributed by atoms with E-state index >= 15 is 0 Å². The zero-order valence-corrected chi connectivity index (χ0v) is 15.7. The molecule has 0 saturated heterocycles. The van der Waals surface area contributed by atoms with Crippen LogP contribution in [0, 0.1) is 0 Å². The van der Waals surface area contributed by atoms with Gasteiger partial charge < -0.3 is 15.6 Å². The van der Waals surface area contributed by atoms with Gasteiger partial charge in [0.05, 0.1) is 11.6 Å². The number of hydrogen-bond acceptors (Lipinski definition) is 3. The van der Waals surface area contributed by atoms with Gasteiger partial charge in [-0.3, -0.25) is 14.4 Å². The van der Waals surface area contributed by atoms with Crippen LogP contribution in [-0.2, 0) is 16.0 Å². The largest absolute Gasteiger partial charge is 0.359 e. The molecular formula is C22H25N3O3. The fourth-order valence-electron chi connectivity index (χ4n) is 4.15. The average molecular weight is 379 g/mol. The summed E-state index contributed by atoms with van der Waals surface area (Å²) in [7, 11) is 0. The zero-order valence-electron chi connectivity index (χ0n) is 15.7. The number of ketones is 1. The van der Waals surface area contributed by atoms with E-state index in [1.54, 1.807) is 18.3 Å². The molecule has 0 bridgehead atoms. The van der Waals surface area contributed by atoms with Crippen molar-refractivity contribution in [3.8, 4) is 0 Å². The zero-order chi connectivity index (χ0) is 19.5. The number of benzene rings is 1. The van der Waals surface area contributed by atoms with E-state index in [9.17, 15) is 14.4 Å². The minimum absolute atomic E-state index is 0.0520. The summed E-state index contributed by atoms with van der Waals surface area (Å²) in [5.74, 6) is -0.129. The minimum Gasteiger partial charge on any atom is -0.359 e. The molecule has 28 heavy (non-hydrogen) atoms. The van der Waals surface area contributed by atoms with E-state index < -0.39 is 0 Å². The highest BCUT2D eigenvalue weighted by molar-refractivity contribution is 5.96. The van der Waals surface area contributed by atoms with Gasteiger partial charge in [0.2, 0.25) is 11.8 Å². The summed E-state index contributed by atoms with van der Waals surface area (Å²) in [6.45, 7) is 0. The maximum Gasteiger partial charge on any atom is 0.227 e. The quantitative estimate of drug-likeness (QED) is 0.646. The number of rotatable bonds is 7. The van der Waals surface area contributed by atoms with Crippen LogP contribution in [0.1, 0.15) is 59.6 Å². The molecule has 4 rings (SSSR count). The first-order chi connectivity index (χ1) is 13.6. The maximum absolute atomic E-state index is 12.6. The van der Waals surface area contributed by atoms with Crippen molar-refractivity contribution < 1.29 is 14.4 Å². The molecule has 6 heteroatoms. The Hall–Kier alpha value is -2.89. The standard InChI is InChI=1S/C22H25N3O3/c26-20(19-6-3-11-23-19)9-10-21(27)24-15-12-16(13-15)25-22(28)18-8-7-14-4-1-2-5-17(14)18/h1-6,11,15-16,18,23H,7-10,12-13H2,(H,24,27)(H,25,28). The number of Topliss-reactive ketones (excluding diaryl/α,β-unsaturated/α-hetero) is 1. The SMILES string of the molecule is O=C(CCC(=O)c1ccc[nH]1)NC1CC(NC(=O)C2CCc3ccccc32)C1. The number of aromatic amines is 1. The molecule has 6 nitrogen and oxygen atoms in total. The molecule has 1 atom stereocenters. The molecule has 0 spiro atoms. The molecule has 1 unspecified atom stereocenters. The normalized spacial score (nSPS) is 22.8. The highest BCUT2D eigenvalue weighted by Gasteiger charge is 2.35. The fraction of sp³-hybridized carbons (Fsp3) is 0.409. The highest BCUT2D eigenvalue weighted by atomic mass is 16.2. The number of carbonyl (C=O) groups excluding carboxylic acids is 3. The smallest absolute Gasteiger partial charge is 0.227 e. The Kier molecular flexibility index (Phi) is 5.28. The number of aromatic nitrogens is 1. The van der Waals surface area contributed by atoms with Crippen molar-refractivity contribution in [2.75, 3.05) is 0 Å². The number of fused-ring (bicyclic) bond motifs is 1. The second-order valence-electron chi connectivity index (χ2n) is 7.74. The Labute approximate surface area is 164 Å². The number of carbonyl (C=O) groups is 3. The van der Waals surface area contributed by atoms with Gasteiger partial charge in [0.1, 0.15) is 0 Å². The van der Waals surface area contributed by atoms with Crippen molar-refractivity contribution in [1.82, 2.24) is 15.6 Å². The molecule has 1 saturated carbocycles. The molecule has 0 aliphatic heterocycles. The highest BCUT2D eigenvalue weighted by Crippen LogP contribution is 2.33. The summed E-state index contributed by atoms with van der Waals surface area (Å²) in [4.78, 5) is 39.4. The summed E-state index contributed by atoms with van der Waals surface area (Å²) in [6, 6.07) is 11.8. The molecule has 0 radical (unpaired) electrons. The van der Waals surface area contributed by atoms with Crippen molar-refractivity contribution in [3.63, 3.8) is 0 Å². The van der Waals surface area contributed by atoms with Crippen LogP contribution in [0.5, 0.6) is 0 Å². The van der Waals surface area contributed by atoms with E-state index in [-0.39, 0.29) is 48.4 Å². The van der Waals surface area contributed by atoms with Gasteiger partial charge in [0, 0.05) is 31.1 Å². The van der Waals surface area contributed by atoms with E-state index in [2.05, 4.69) is 21.7 Å². The summed E-state index contributed by atoms with van der Waals surface area (Å²) >= 11 is 0. The van der Waals surface area contributed by atoms with Crippen LogP contribution in [0.3, 0.4) is 0 Å². The lowest BCUT2D eigenvalue weighted by molar-refractivity contribution is -0.124. The van der Waals surface area contributed by atoms with E-state index in [4.69, 9.17) is 0 Å². The molecule has 1 aromatic heterocycles.